The first-order valence-corrected chi connectivity index (χ1v) is 6.65. The molecule has 5 heteroatoms. The number of hydrogen-bond acceptors (Lipinski definition) is 3. The molecule has 3 rings (SSSR count). The number of hydrogen-bond donors (Lipinski definition) is 1. The Bertz CT molecular complexity index is 634. The number of carbonyl (C=O) groups excluding carboxylic acids is 1. The molecule has 2 N–H and O–H groups in total. The molecule has 1 aromatic heterocycles. The molecule has 0 saturated carbocycles. The monoisotopic (exact) mass is 269 g/mol. The molecule has 1 unspecified atom stereocenters. The highest BCUT2D eigenvalue weighted by Gasteiger charge is 2.31. The molecule has 20 heavy (non-hydrogen) atoms. The van der Waals surface area contributed by atoms with E-state index in [2.05, 4.69) is 16.0 Å². The van der Waals surface area contributed by atoms with E-state index in [1.807, 2.05) is 36.0 Å². The maximum absolute atomic E-state index is 11.9. The van der Waals surface area contributed by atoms with Crippen LogP contribution in [0.1, 0.15) is 23.0 Å². The smallest absolute Gasteiger partial charge is 0.239 e. The van der Waals surface area contributed by atoms with Gasteiger partial charge >= 0.3 is 0 Å². The van der Waals surface area contributed by atoms with Crippen molar-refractivity contribution in [3.8, 4) is 0 Å². The highest BCUT2D eigenvalue weighted by molar-refractivity contribution is 5.82. The summed E-state index contributed by atoms with van der Waals surface area (Å²) < 4.78 is 1.96. The van der Waals surface area contributed by atoms with Crippen LogP contribution in [0.3, 0.4) is 0 Å². The summed E-state index contributed by atoms with van der Waals surface area (Å²) in [6, 6.07) is 8.40. The maximum atomic E-state index is 11.9. The van der Waals surface area contributed by atoms with Gasteiger partial charge in [0.15, 0.2) is 0 Å². The number of nitrogens with zero attached hydrogens (tertiary/aromatic N) is 3. The highest BCUT2D eigenvalue weighted by atomic mass is 16.1. The van der Waals surface area contributed by atoms with Gasteiger partial charge in [-0.1, -0.05) is 18.2 Å². The fraction of sp³-hybridized carbons (Fsp3) is 0.333. The van der Waals surface area contributed by atoms with Gasteiger partial charge in [-0.3, -0.25) is 9.69 Å². The zero-order valence-electron chi connectivity index (χ0n) is 11.4. The molecule has 103 valence electrons. The first-order chi connectivity index (χ1) is 9.66. The summed E-state index contributed by atoms with van der Waals surface area (Å²) in [5.41, 5.74) is 7.78. The molecule has 0 fully saturated rings. The van der Waals surface area contributed by atoms with E-state index in [9.17, 15) is 4.79 Å². The average Bonchev–Trinajstić information content (AvgIpc) is 2.83. The van der Waals surface area contributed by atoms with Crippen molar-refractivity contribution in [1.82, 2.24) is 14.5 Å². The predicted octanol–water partition coefficient (Wildman–Crippen LogP) is 0.805. The molecule has 0 aliphatic carbocycles. The number of amides is 1. The van der Waals surface area contributed by atoms with Gasteiger partial charge in [0.25, 0.3) is 0 Å². The lowest BCUT2D eigenvalue weighted by molar-refractivity contribution is -0.124. The minimum atomic E-state index is -0.384. The van der Waals surface area contributed by atoms with Crippen LogP contribution in [0.5, 0.6) is 0 Å². The van der Waals surface area contributed by atoms with E-state index in [-0.39, 0.29) is 11.9 Å². The van der Waals surface area contributed by atoms with E-state index in [4.69, 9.17) is 5.73 Å². The third-order valence-corrected chi connectivity index (χ3v) is 3.85. The van der Waals surface area contributed by atoms with E-state index < -0.39 is 0 Å². The third-order valence-electron chi connectivity index (χ3n) is 3.85. The van der Waals surface area contributed by atoms with Crippen molar-refractivity contribution in [2.24, 2.45) is 12.8 Å². The quantitative estimate of drug-likeness (QED) is 0.896. The van der Waals surface area contributed by atoms with Gasteiger partial charge in [-0.25, -0.2) is 4.98 Å². The summed E-state index contributed by atoms with van der Waals surface area (Å²) in [5.74, 6) is 0.619. The molecule has 5 nitrogen and oxygen atoms in total. The fourth-order valence-electron chi connectivity index (χ4n) is 2.78. The van der Waals surface area contributed by atoms with Crippen molar-refractivity contribution in [2.75, 3.05) is 6.54 Å². The summed E-state index contributed by atoms with van der Waals surface area (Å²) in [7, 11) is 1.95. The molecule has 1 aromatic carbocycles. The molecule has 1 aliphatic heterocycles. The summed E-state index contributed by atoms with van der Waals surface area (Å²) in [4.78, 5) is 18.3. The second-order valence-electron chi connectivity index (χ2n) is 5.10. The molecule has 2 aromatic rings. The summed E-state index contributed by atoms with van der Waals surface area (Å²) in [6.45, 7) is 1.42. The second-order valence-corrected chi connectivity index (χ2v) is 5.10. The second kappa shape index (κ2) is 5.09. The van der Waals surface area contributed by atoms with E-state index in [0.29, 0.717) is 6.54 Å². The van der Waals surface area contributed by atoms with E-state index in [0.717, 1.165) is 29.9 Å². The average molecular weight is 269 g/mol. The number of nitrogens with two attached hydrogens (primary N) is 1. The molecule has 1 atom stereocenters. The number of imidazole rings is 1. The first kappa shape index (κ1) is 12.9. The topological polar surface area (TPSA) is 64.2 Å². The molecule has 1 amide bonds. The lowest BCUT2D eigenvalue weighted by Crippen LogP contribution is -2.42. The lowest BCUT2D eigenvalue weighted by atomic mass is 9.92. The summed E-state index contributed by atoms with van der Waals surface area (Å²) in [5, 5.41) is 0. The highest BCUT2D eigenvalue weighted by Crippen LogP contribution is 2.30. The number of benzene rings is 1. The van der Waals surface area contributed by atoms with Gasteiger partial charge < -0.3 is 10.3 Å². The third kappa shape index (κ3) is 2.20. The molecule has 2 heterocycles. The van der Waals surface area contributed by atoms with Crippen LogP contribution in [-0.4, -0.2) is 26.9 Å². The lowest BCUT2D eigenvalue weighted by Gasteiger charge is -2.35. The van der Waals surface area contributed by atoms with Gasteiger partial charge in [0, 0.05) is 26.0 Å². The number of rotatable bonds is 3. The Labute approximate surface area is 118 Å². The minimum absolute atomic E-state index is 0.314. The molecular formula is C15H17N4O. The van der Waals surface area contributed by atoms with Crippen molar-refractivity contribution in [1.29, 1.82) is 0 Å². The predicted molar refractivity (Wildman–Crippen MR) is 74.5 cm³/mol. The van der Waals surface area contributed by atoms with Gasteiger partial charge in [-0.2, -0.15) is 0 Å². The largest absolute Gasteiger partial charge is 0.368 e. The molecule has 0 saturated heterocycles. The first-order valence-electron chi connectivity index (χ1n) is 6.65. The van der Waals surface area contributed by atoms with Crippen LogP contribution in [-0.2, 0) is 24.8 Å². The van der Waals surface area contributed by atoms with Crippen LogP contribution in [0.25, 0.3) is 0 Å². The number of primary amides is 1. The number of fused-ring (bicyclic) bond motifs is 1. The van der Waals surface area contributed by atoms with Crippen LogP contribution in [0.15, 0.2) is 30.6 Å². The zero-order valence-corrected chi connectivity index (χ0v) is 11.4. The standard InChI is InChI=1S/C15H17N4O/c1-18-9-7-17-13(18)10-19-8-6-11-4-2-3-5-12(11)14(19)15(16)20/h3-5,7,9,14H,6,8,10H2,1H3,(H2,16,20). The van der Waals surface area contributed by atoms with Crippen molar-refractivity contribution >= 4 is 5.91 Å². The normalized spacial score (nSPS) is 18.8. The Hall–Kier alpha value is -2.14. The Morgan fingerprint density at radius 2 is 2.45 bits per heavy atom. The van der Waals surface area contributed by atoms with Crippen molar-refractivity contribution < 1.29 is 4.79 Å². The minimum Gasteiger partial charge on any atom is -0.368 e. The van der Waals surface area contributed by atoms with Gasteiger partial charge in [-0.15, -0.1) is 0 Å². The maximum Gasteiger partial charge on any atom is 0.239 e. The molecular weight excluding hydrogens is 252 g/mol. The molecule has 0 bridgehead atoms. The van der Waals surface area contributed by atoms with Gasteiger partial charge in [-0.05, 0) is 23.6 Å². The molecule has 1 radical (unpaired) electrons. The number of aryl methyl sites for hydroxylation is 1. The van der Waals surface area contributed by atoms with Crippen molar-refractivity contribution in [3.05, 3.63) is 53.6 Å². The Balaban J connectivity index is 1.92. The summed E-state index contributed by atoms with van der Waals surface area (Å²) >= 11 is 0. The van der Waals surface area contributed by atoms with E-state index in [1.54, 1.807) is 6.20 Å². The van der Waals surface area contributed by atoms with Crippen molar-refractivity contribution in [3.63, 3.8) is 0 Å². The van der Waals surface area contributed by atoms with Crippen LogP contribution >= 0.6 is 0 Å². The Kier molecular flexibility index (Phi) is 3.28. The van der Waals surface area contributed by atoms with Crippen LogP contribution in [0, 0.1) is 6.07 Å². The van der Waals surface area contributed by atoms with Crippen LogP contribution < -0.4 is 5.73 Å². The number of carbonyl (C=O) groups is 1. The van der Waals surface area contributed by atoms with Gasteiger partial charge in [0.2, 0.25) is 5.91 Å². The van der Waals surface area contributed by atoms with Crippen molar-refractivity contribution in [2.45, 2.75) is 19.0 Å². The SMILES string of the molecule is Cn1ccnc1CN1CCc2c[c]ccc2C1C(N)=O. The fourth-order valence-corrected chi connectivity index (χ4v) is 2.78. The Morgan fingerprint density at radius 3 is 3.15 bits per heavy atom. The molecule has 0 spiro atoms. The van der Waals surface area contributed by atoms with E-state index >= 15 is 0 Å². The van der Waals surface area contributed by atoms with E-state index in [1.165, 1.54) is 0 Å². The van der Waals surface area contributed by atoms with Crippen LogP contribution in [0.4, 0.5) is 0 Å². The Morgan fingerprint density at radius 1 is 1.60 bits per heavy atom. The molecule has 1 aliphatic rings. The van der Waals surface area contributed by atoms with Gasteiger partial charge in [0.05, 0.1) is 6.54 Å². The van der Waals surface area contributed by atoms with Crippen LogP contribution in [0.2, 0.25) is 0 Å². The van der Waals surface area contributed by atoms with Gasteiger partial charge in [0.1, 0.15) is 11.9 Å². The number of aromatic nitrogens is 2. The summed E-state index contributed by atoms with van der Waals surface area (Å²) in [6.07, 6.45) is 4.57. The zero-order chi connectivity index (χ0) is 14.1.